The first kappa shape index (κ1) is 14.7. The highest BCUT2D eigenvalue weighted by molar-refractivity contribution is 7.80. The number of hydrogen-bond donors (Lipinski definition) is 2. The molecule has 20 heavy (non-hydrogen) atoms. The molecule has 0 fully saturated rings. The van der Waals surface area contributed by atoms with Gasteiger partial charge in [-0.25, -0.2) is 8.78 Å². The number of rotatable bonds is 4. The summed E-state index contributed by atoms with van der Waals surface area (Å²) >= 11 is 10.5. The summed E-state index contributed by atoms with van der Waals surface area (Å²) in [5.74, 6) is -0.939. The van der Waals surface area contributed by atoms with Gasteiger partial charge in [0.2, 0.25) is 0 Å². The Hall–Kier alpha value is -1.72. The zero-order valence-electron chi connectivity index (χ0n) is 10.3. The predicted octanol–water partition coefficient (Wildman–Crippen LogP) is 3.86. The highest BCUT2D eigenvalue weighted by Crippen LogP contribution is 2.19. The molecular weight excluding hydrogens is 302 g/mol. The first-order valence-electron chi connectivity index (χ1n) is 5.74. The molecule has 0 saturated heterocycles. The Labute approximate surface area is 125 Å². The molecule has 0 bridgehead atoms. The van der Waals surface area contributed by atoms with Crippen LogP contribution in [0.25, 0.3) is 0 Å². The lowest BCUT2D eigenvalue weighted by Gasteiger charge is -2.09. The maximum absolute atomic E-state index is 13.8. The molecule has 2 aromatic carbocycles. The van der Waals surface area contributed by atoms with Crippen molar-refractivity contribution in [1.82, 2.24) is 0 Å². The molecule has 0 amide bonds. The molecule has 0 aliphatic carbocycles. The molecule has 2 rings (SSSR count). The zero-order chi connectivity index (χ0) is 14.7. The van der Waals surface area contributed by atoms with Crippen LogP contribution >= 0.6 is 23.8 Å². The van der Waals surface area contributed by atoms with E-state index in [0.717, 1.165) is 5.56 Å². The Morgan fingerprint density at radius 1 is 1.15 bits per heavy atom. The van der Waals surface area contributed by atoms with Crippen LogP contribution < -0.4 is 11.1 Å². The van der Waals surface area contributed by atoms with Crippen molar-refractivity contribution in [3.63, 3.8) is 0 Å². The first-order valence-corrected chi connectivity index (χ1v) is 6.53. The minimum Gasteiger partial charge on any atom is -0.389 e. The molecule has 0 aliphatic rings. The van der Waals surface area contributed by atoms with Gasteiger partial charge in [-0.1, -0.05) is 29.9 Å². The van der Waals surface area contributed by atoms with Crippen LogP contribution in [0.15, 0.2) is 36.4 Å². The maximum atomic E-state index is 13.8. The Morgan fingerprint density at radius 3 is 2.50 bits per heavy atom. The molecule has 0 unspecified atom stereocenters. The zero-order valence-corrected chi connectivity index (χ0v) is 11.9. The Morgan fingerprint density at radius 2 is 1.90 bits per heavy atom. The van der Waals surface area contributed by atoms with Gasteiger partial charge in [0.15, 0.2) is 0 Å². The number of benzene rings is 2. The van der Waals surface area contributed by atoms with Crippen LogP contribution in [0.1, 0.15) is 11.1 Å². The highest BCUT2D eigenvalue weighted by atomic mass is 35.5. The molecule has 2 nitrogen and oxygen atoms in total. The summed E-state index contributed by atoms with van der Waals surface area (Å²) in [7, 11) is 0. The molecule has 0 radical (unpaired) electrons. The quantitative estimate of drug-likeness (QED) is 0.842. The molecule has 6 heteroatoms. The Kier molecular flexibility index (Phi) is 4.52. The van der Waals surface area contributed by atoms with Crippen LogP contribution in [0.4, 0.5) is 14.5 Å². The van der Waals surface area contributed by atoms with Gasteiger partial charge in [0, 0.05) is 12.1 Å². The van der Waals surface area contributed by atoms with Gasteiger partial charge in [-0.3, -0.25) is 0 Å². The lowest BCUT2D eigenvalue weighted by atomic mass is 10.1. The molecule has 2 aromatic rings. The van der Waals surface area contributed by atoms with E-state index in [1.165, 1.54) is 18.2 Å². The van der Waals surface area contributed by atoms with Gasteiger partial charge in [0.05, 0.1) is 10.7 Å². The van der Waals surface area contributed by atoms with Crippen molar-refractivity contribution in [2.75, 3.05) is 5.32 Å². The van der Waals surface area contributed by atoms with E-state index in [0.29, 0.717) is 17.8 Å². The summed E-state index contributed by atoms with van der Waals surface area (Å²) in [4.78, 5) is 0.140. The van der Waals surface area contributed by atoms with Crippen LogP contribution in [0, 0.1) is 11.6 Å². The van der Waals surface area contributed by atoms with Crippen molar-refractivity contribution < 1.29 is 8.78 Å². The fraction of sp³-hybridized carbons (Fsp3) is 0.0714. The molecular formula is C14H11ClF2N2S. The second-order valence-corrected chi connectivity index (χ2v) is 5.01. The van der Waals surface area contributed by atoms with E-state index in [1.807, 2.05) is 0 Å². The minimum atomic E-state index is -0.484. The van der Waals surface area contributed by atoms with Crippen LogP contribution in [-0.2, 0) is 6.54 Å². The van der Waals surface area contributed by atoms with E-state index >= 15 is 0 Å². The largest absolute Gasteiger partial charge is 0.389 e. The summed E-state index contributed by atoms with van der Waals surface area (Å²) < 4.78 is 26.8. The predicted molar refractivity (Wildman–Crippen MR) is 81.0 cm³/mol. The molecule has 3 N–H and O–H groups in total. The Bertz CT molecular complexity index is 662. The maximum Gasteiger partial charge on any atom is 0.146 e. The Balaban J connectivity index is 2.10. The van der Waals surface area contributed by atoms with Crippen LogP contribution in [-0.4, -0.2) is 4.99 Å². The molecule has 104 valence electrons. The van der Waals surface area contributed by atoms with E-state index in [4.69, 9.17) is 29.6 Å². The number of hydrogen-bond acceptors (Lipinski definition) is 2. The van der Waals surface area contributed by atoms with Crippen molar-refractivity contribution >= 4 is 34.5 Å². The highest BCUT2D eigenvalue weighted by Gasteiger charge is 2.06. The summed E-state index contributed by atoms with van der Waals surface area (Å²) in [5, 5.41) is 2.94. The number of halogens is 3. The van der Waals surface area contributed by atoms with Gasteiger partial charge >= 0.3 is 0 Å². The van der Waals surface area contributed by atoms with Crippen LogP contribution in [0.2, 0.25) is 5.02 Å². The molecule has 0 aliphatic heterocycles. The third-order valence-corrected chi connectivity index (χ3v) is 3.25. The normalized spacial score (nSPS) is 10.3. The number of thiocarbonyl (C=S) groups is 1. The van der Waals surface area contributed by atoms with E-state index in [1.54, 1.807) is 18.2 Å². The van der Waals surface area contributed by atoms with Crippen molar-refractivity contribution in [1.29, 1.82) is 0 Å². The van der Waals surface area contributed by atoms with Crippen LogP contribution in [0.5, 0.6) is 0 Å². The molecule has 0 spiro atoms. The van der Waals surface area contributed by atoms with Gasteiger partial charge in [-0.15, -0.1) is 0 Å². The van der Waals surface area contributed by atoms with Gasteiger partial charge in [0.25, 0.3) is 0 Å². The fourth-order valence-electron chi connectivity index (χ4n) is 1.66. The summed E-state index contributed by atoms with van der Waals surface area (Å²) in [6.07, 6.45) is 0. The molecule has 0 aromatic heterocycles. The summed E-state index contributed by atoms with van der Waals surface area (Å²) in [5.41, 5.74) is 6.94. The third kappa shape index (κ3) is 3.43. The van der Waals surface area contributed by atoms with E-state index in [2.05, 4.69) is 5.32 Å². The molecule has 0 saturated carbocycles. The SMILES string of the molecule is NC(=S)c1ccc(NCc2ccc(F)c(Cl)c2)c(F)c1. The lowest BCUT2D eigenvalue weighted by Crippen LogP contribution is -2.10. The van der Waals surface area contributed by atoms with Gasteiger partial charge < -0.3 is 11.1 Å². The van der Waals surface area contributed by atoms with Crippen molar-refractivity contribution in [2.45, 2.75) is 6.54 Å². The first-order chi connectivity index (χ1) is 9.47. The molecule has 0 heterocycles. The minimum absolute atomic E-state index is 0.0357. The van der Waals surface area contributed by atoms with E-state index < -0.39 is 11.6 Å². The van der Waals surface area contributed by atoms with Crippen molar-refractivity contribution in [2.24, 2.45) is 5.73 Å². The van der Waals surface area contributed by atoms with Gasteiger partial charge in [-0.2, -0.15) is 0 Å². The average Bonchev–Trinajstić information content (AvgIpc) is 2.41. The standard InChI is InChI=1S/C14H11ClF2N2S/c15-10-5-8(1-3-11(10)16)7-19-13-4-2-9(14(18)20)6-12(13)17/h1-6,19H,7H2,(H2,18,20). The molecule has 0 atom stereocenters. The third-order valence-electron chi connectivity index (χ3n) is 2.72. The smallest absolute Gasteiger partial charge is 0.146 e. The second kappa shape index (κ2) is 6.15. The summed E-state index contributed by atoms with van der Waals surface area (Å²) in [6.45, 7) is 0.323. The topological polar surface area (TPSA) is 38.0 Å². The lowest BCUT2D eigenvalue weighted by molar-refractivity contribution is 0.626. The fourth-order valence-corrected chi connectivity index (χ4v) is 1.99. The number of nitrogens with two attached hydrogens (primary N) is 1. The average molecular weight is 313 g/mol. The van der Waals surface area contributed by atoms with Gasteiger partial charge in [-0.05, 0) is 35.9 Å². The monoisotopic (exact) mass is 312 g/mol. The second-order valence-electron chi connectivity index (χ2n) is 4.16. The number of anilines is 1. The summed E-state index contributed by atoms with van der Waals surface area (Å²) in [6, 6.07) is 8.79. The number of nitrogens with one attached hydrogen (secondary N) is 1. The van der Waals surface area contributed by atoms with E-state index in [9.17, 15) is 8.78 Å². The van der Waals surface area contributed by atoms with Crippen molar-refractivity contribution in [3.8, 4) is 0 Å². The van der Waals surface area contributed by atoms with E-state index in [-0.39, 0.29) is 10.0 Å². The van der Waals surface area contributed by atoms with Crippen molar-refractivity contribution in [3.05, 3.63) is 64.2 Å². The van der Waals surface area contributed by atoms with Gasteiger partial charge in [0.1, 0.15) is 16.6 Å². The van der Waals surface area contributed by atoms with Crippen LogP contribution in [0.3, 0.4) is 0 Å².